The van der Waals surface area contributed by atoms with E-state index in [1.807, 2.05) is 27.8 Å². The number of aromatic nitrogens is 4. The van der Waals surface area contributed by atoms with Crippen LogP contribution in [-0.4, -0.2) is 24.5 Å². The van der Waals surface area contributed by atoms with Gasteiger partial charge in [-0.2, -0.15) is 10.2 Å². The van der Waals surface area contributed by atoms with Gasteiger partial charge in [-0.3, -0.25) is 14.8 Å². The number of anilines is 1. The molecule has 0 amide bonds. The van der Waals surface area contributed by atoms with Crippen molar-refractivity contribution in [1.82, 2.24) is 19.6 Å². The highest BCUT2D eigenvalue weighted by molar-refractivity contribution is 5.56. The maximum absolute atomic E-state index is 11.0. The van der Waals surface area contributed by atoms with E-state index in [2.05, 4.69) is 10.2 Å². The Morgan fingerprint density at radius 3 is 2.25 bits per heavy atom. The lowest BCUT2D eigenvalue weighted by molar-refractivity contribution is -0.384. The Morgan fingerprint density at radius 2 is 1.85 bits per heavy atom. The second-order valence-corrected chi connectivity index (χ2v) is 4.91. The monoisotopic (exact) mass is 278 g/mol. The van der Waals surface area contributed by atoms with Crippen molar-refractivity contribution in [2.45, 2.75) is 33.7 Å². The van der Waals surface area contributed by atoms with E-state index in [4.69, 9.17) is 5.73 Å². The summed E-state index contributed by atoms with van der Waals surface area (Å²) >= 11 is 0. The Bertz CT molecular complexity index is 685. The minimum atomic E-state index is -0.496. The Hall–Kier alpha value is -2.38. The normalized spacial score (nSPS) is 12.7. The third-order valence-electron chi connectivity index (χ3n) is 3.62. The molecule has 2 aromatic rings. The van der Waals surface area contributed by atoms with Gasteiger partial charge < -0.3 is 5.73 Å². The predicted octanol–water partition coefficient (Wildman–Crippen LogP) is 1.64. The van der Waals surface area contributed by atoms with Crippen LogP contribution in [0.3, 0.4) is 0 Å². The first-order chi connectivity index (χ1) is 9.25. The van der Waals surface area contributed by atoms with Crippen molar-refractivity contribution in [3.05, 3.63) is 32.8 Å². The molecule has 108 valence electrons. The van der Waals surface area contributed by atoms with E-state index in [0.29, 0.717) is 5.69 Å². The number of nitro groups is 1. The fraction of sp³-hybridized carbons (Fsp3) is 0.500. The Balaban J connectivity index is 2.57. The molecule has 2 aromatic heterocycles. The first-order valence-electron chi connectivity index (χ1n) is 6.24. The van der Waals surface area contributed by atoms with Crippen LogP contribution in [0, 0.1) is 30.9 Å². The molecule has 20 heavy (non-hydrogen) atoms. The van der Waals surface area contributed by atoms with Crippen LogP contribution in [-0.2, 0) is 7.05 Å². The van der Waals surface area contributed by atoms with Crippen molar-refractivity contribution in [1.29, 1.82) is 0 Å². The van der Waals surface area contributed by atoms with Crippen LogP contribution in [0.2, 0.25) is 0 Å². The Kier molecular flexibility index (Phi) is 3.24. The topological polar surface area (TPSA) is 105 Å². The van der Waals surface area contributed by atoms with Crippen molar-refractivity contribution in [3.8, 4) is 0 Å². The SMILES string of the molecule is Cc1nn(C)c(C)c1C(C)n1nc(C)c([N+](=O)[O-])c1N. The van der Waals surface area contributed by atoms with Crippen LogP contribution < -0.4 is 5.73 Å². The van der Waals surface area contributed by atoms with Crippen molar-refractivity contribution < 1.29 is 4.92 Å². The molecule has 0 spiro atoms. The fourth-order valence-electron chi connectivity index (χ4n) is 2.59. The molecule has 2 heterocycles. The maximum atomic E-state index is 11.0. The van der Waals surface area contributed by atoms with Gasteiger partial charge in [0.1, 0.15) is 5.69 Å². The largest absolute Gasteiger partial charge is 0.378 e. The summed E-state index contributed by atoms with van der Waals surface area (Å²) in [6.07, 6.45) is 0. The maximum Gasteiger partial charge on any atom is 0.333 e. The van der Waals surface area contributed by atoms with Crippen molar-refractivity contribution >= 4 is 11.5 Å². The molecule has 2 N–H and O–H groups in total. The van der Waals surface area contributed by atoms with E-state index in [1.165, 1.54) is 4.68 Å². The summed E-state index contributed by atoms with van der Waals surface area (Å²) in [4.78, 5) is 10.5. The predicted molar refractivity (Wildman–Crippen MR) is 74.5 cm³/mol. The summed E-state index contributed by atoms with van der Waals surface area (Å²) in [5, 5.41) is 19.6. The number of rotatable bonds is 3. The molecule has 1 unspecified atom stereocenters. The summed E-state index contributed by atoms with van der Waals surface area (Å²) < 4.78 is 3.27. The third kappa shape index (κ3) is 1.93. The van der Waals surface area contributed by atoms with E-state index >= 15 is 0 Å². The molecule has 1 atom stereocenters. The average Bonchev–Trinajstić information content (AvgIpc) is 2.76. The zero-order valence-corrected chi connectivity index (χ0v) is 12.2. The van der Waals surface area contributed by atoms with Crippen LogP contribution in [0.25, 0.3) is 0 Å². The lowest BCUT2D eigenvalue weighted by atomic mass is 10.1. The van der Waals surface area contributed by atoms with Gasteiger partial charge in [0.25, 0.3) is 0 Å². The van der Waals surface area contributed by atoms with E-state index in [9.17, 15) is 10.1 Å². The molecule has 2 rings (SSSR count). The fourth-order valence-corrected chi connectivity index (χ4v) is 2.59. The van der Waals surface area contributed by atoms with Crippen LogP contribution >= 0.6 is 0 Å². The molecule has 0 radical (unpaired) electrons. The van der Waals surface area contributed by atoms with E-state index < -0.39 is 4.92 Å². The van der Waals surface area contributed by atoms with E-state index in [0.717, 1.165) is 17.0 Å². The molecule has 0 bridgehead atoms. The van der Waals surface area contributed by atoms with Crippen LogP contribution in [0.15, 0.2) is 0 Å². The number of hydrogen-bond donors (Lipinski definition) is 1. The minimum Gasteiger partial charge on any atom is -0.378 e. The lowest BCUT2D eigenvalue weighted by Crippen LogP contribution is -2.13. The van der Waals surface area contributed by atoms with Crippen molar-refractivity contribution in [3.63, 3.8) is 0 Å². The smallest absolute Gasteiger partial charge is 0.333 e. The second-order valence-electron chi connectivity index (χ2n) is 4.91. The summed E-state index contributed by atoms with van der Waals surface area (Å²) in [7, 11) is 1.86. The molecular weight excluding hydrogens is 260 g/mol. The van der Waals surface area contributed by atoms with Gasteiger partial charge in [-0.15, -0.1) is 0 Å². The number of nitrogens with zero attached hydrogens (tertiary/aromatic N) is 5. The minimum absolute atomic E-state index is 0.0719. The Morgan fingerprint density at radius 1 is 1.25 bits per heavy atom. The molecule has 0 aromatic carbocycles. The van der Waals surface area contributed by atoms with Gasteiger partial charge in [-0.1, -0.05) is 0 Å². The highest BCUT2D eigenvalue weighted by atomic mass is 16.6. The third-order valence-corrected chi connectivity index (χ3v) is 3.62. The molecule has 0 aliphatic rings. The molecule has 0 aliphatic heterocycles. The van der Waals surface area contributed by atoms with Crippen LogP contribution in [0.4, 0.5) is 11.5 Å². The standard InChI is InChI=1S/C12H18N6O2/c1-6-10(8(3)16(5)14-6)9(4)17-12(13)11(18(19)20)7(2)15-17/h9H,13H2,1-5H3. The van der Waals surface area contributed by atoms with Gasteiger partial charge in [-0.25, -0.2) is 4.68 Å². The molecule has 0 fully saturated rings. The molecule has 0 saturated heterocycles. The van der Waals surface area contributed by atoms with Gasteiger partial charge in [0.15, 0.2) is 0 Å². The van der Waals surface area contributed by atoms with Crippen LogP contribution in [0.1, 0.15) is 35.6 Å². The van der Waals surface area contributed by atoms with Gasteiger partial charge in [0.05, 0.1) is 16.7 Å². The molecule has 0 saturated carbocycles. The number of nitrogens with two attached hydrogens (primary N) is 1. The lowest BCUT2D eigenvalue weighted by Gasteiger charge is -2.14. The van der Waals surface area contributed by atoms with Gasteiger partial charge >= 0.3 is 5.69 Å². The first-order valence-corrected chi connectivity index (χ1v) is 6.24. The van der Waals surface area contributed by atoms with Crippen LogP contribution in [0.5, 0.6) is 0 Å². The molecular formula is C12H18N6O2. The van der Waals surface area contributed by atoms with E-state index in [1.54, 1.807) is 11.6 Å². The molecule has 8 nitrogen and oxygen atoms in total. The highest BCUT2D eigenvalue weighted by Gasteiger charge is 2.28. The van der Waals surface area contributed by atoms with Crippen molar-refractivity contribution in [2.24, 2.45) is 7.05 Å². The van der Waals surface area contributed by atoms with Crippen molar-refractivity contribution in [2.75, 3.05) is 5.73 Å². The van der Waals surface area contributed by atoms with Gasteiger partial charge in [0, 0.05) is 18.3 Å². The van der Waals surface area contributed by atoms with Gasteiger partial charge in [0.2, 0.25) is 5.82 Å². The average molecular weight is 278 g/mol. The summed E-state index contributed by atoms with van der Waals surface area (Å²) in [5.41, 5.74) is 8.91. The molecule has 0 aliphatic carbocycles. The summed E-state index contributed by atoms with van der Waals surface area (Å²) in [6.45, 7) is 7.34. The number of nitrogen functional groups attached to an aromatic ring is 1. The summed E-state index contributed by atoms with van der Waals surface area (Å²) in [5.74, 6) is 0.0719. The quantitative estimate of drug-likeness (QED) is 0.678. The number of aryl methyl sites for hydroxylation is 3. The van der Waals surface area contributed by atoms with Gasteiger partial charge in [-0.05, 0) is 27.7 Å². The highest BCUT2D eigenvalue weighted by Crippen LogP contribution is 2.32. The Labute approximate surface area is 116 Å². The second kappa shape index (κ2) is 4.62. The first kappa shape index (κ1) is 14.0. The van der Waals surface area contributed by atoms with E-state index in [-0.39, 0.29) is 17.5 Å². The molecule has 8 heteroatoms. The zero-order valence-electron chi connectivity index (χ0n) is 12.2. The zero-order chi connectivity index (χ0) is 15.2. The number of hydrogen-bond acceptors (Lipinski definition) is 5. The summed E-state index contributed by atoms with van der Waals surface area (Å²) in [6, 6.07) is -0.212.